The Bertz CT molecular complexity index is 569. The summed E-state index contributed by atoms with van der Waals surface area (Å²) < 4.78 is 13.5. The van der Waals surface area contributed by atoms with Crippen LogP contribution in [0.4, 0.5) is 4.39 Å². The molecule has 0 aromatic heterocycles. The molecule has 1 saturated heterocycles. The van der Waals surface area contributed by atoms with Crippen molar-refractivity contribution >= 4 is 17.9 Å². The Hall–Kier alpha value is -2.17. The standard InChI is InChI=1S/C15H17FN2O2/c1-3-9(2)13-15(20)17-12(14(19)18-13)8-10-6-4-5-7-11(10)16/h4-9,13H,3H2,1-2H3,(H,17,20)(H,18,19)/b12-8+/t9-,13+/m0/s1. The predicted molar refractivity (Wildman–Crippen MR) is 73.9 cm³/mol. The molecular weight excluding hydrogens is 259 g/mol. The fourth-order valence-corrected chi connectivity index (χ4v) is 2.04. The second-order valence-corrected chi connectivity index (χ2v) is 4.91. The van der Waals surface area contributed by atoms with E-state index in [4.69, 9.17) is 0 Å². The van der Waals surface area contributed by atoms with Crippen molar-refractivity contribution in [3.05, 3.63) is 41.3 Å². The summed E-state index contributed by atoms with van der Waals surface area (Å²) in [5.74, 6) is -1.04. The summed E-state index contributed by atoms with van der Waals surface area (Å²) in [6, 6.07) is 5.54. The molecule has 20 heavy (non-hydrogen) atoms. The normalized spacial score (nSPS) is 22.4. The molecule has 1 aromatic rings. The van der Waals surface area contributed by atoms with E-state index in [9.17, 15) is 14.0 Å². The first kappa shape index (κ1) is 14.2. The average molecular weight is 276 g/mol. The average Bonchev–Trinajstić information content (AvgIpc) is 2.44. The Morgan fingerprint density at radius 2 is 2.05 bits per heavy atom. The van der Waals surface area contributed by atoms with Crippen LogP contribution in [0.5, 0.6) is 0 Å². The minimum atomic E-state index is -0.537. The topological polar surface area (TPSA) is 58.2 Å². The molecule has 1 aliphatic heterocycles. The van der Waals surface area contributed by atoms with E-state index in [1.54, 1.807) is 18.2 Å². The number of nitrogens with one attached hydrogen (secondary N) is 2. The molecule has 0 radical (unpaired) electrons. The van der Waals surface area contributed by atoms with Crippen LogP contribution in [0.2, 0.25) is 0 Å². The van der Waals surface area contributed by atoms with Crippen LogP contribution < -0.4 is 10.6 Å². The Kier molecular flexibility index (Phi) is 4.17. The molecule has 1 heterocycles. The molecule has 0 bridgehead atoms. The maximum absolute atomic E-state index is 13.5. The second kappa shape index (κ2) is 5.86. The highest BCUT2D eigenvalue weighted by Gasteiger charge is 2.32. The highest BCUT2D eigenvalue weighted by Crippen LogP contribution is 2.16. The number of rotatable bonds is 3. The zero-order valence-corrected chi connectivity index (χ0v) is 11.4. The van der Waals surface area contributed by atoms with Crippen LogP contribution in [0.1, 0.15) is 25.8 Å². The second-order valence-electron chi connectivity index (χ2n) is 4.91. The maximum atomic E-state index is 13.5. The number of carbonyl (C=O) groups is 2. The van der Waals surface area contributed by atoms with Gasteiger partial charge in [0.15, 0.2) is 0 Å². The third-order valence-electron chi connectivity index (χ3n) is 3.49. The number of halogens is 1. The first-order valence-corrected chi connectivity index (χ1v) is 6.61. The first-order chi connectivity index (χ1) is 9.52. The minimum Gasteiger partial charge on any atom is -0.339 e. The Labute approximate surface area is 117 Å². The number of amides is 2. The summed E-state index contributed by atoms with van der Waals surface area (Å²) in [6.07, 6.45) is 2.13. The van der Waals surface area contributed by atoms with Gasteiger partial charge in [-0.3, -0.25) is 9.59 Å². The van der Waals surface area contributed by atoms with Gasteiger partial charge in [0.25, 0.3) is 5.91 Å². The van der Waals surface area contributed by atoms with Crippen molar-refractivity contribution in [2.75, 3.05) is 0 Å². The molecule has 2 N–H and O–H groups in total. The lowest BCUT2D eigenvalue weighted by Crippen LogP contribution is -2.57. The summed E-state index contributed by atoms with van der Waals surface area (Å²) in [7, 11) is 0. The van der Waals surface area contributed by atoms with Crippen LogP contribution in [-0.2, 0) is 9.59 Å². The lowest BCUT2D eigenvalue weighted by molar-refractivity contribution is -0.132. The summed E-state index contributed by atoms with van der Waals surface area (Å²) in [4.78, 5) is 23.9. The summed E-state index contributed by atoms with van der Waals surface area (Å²) in [5.41, 5.74) is 0.333. The summed E-state index contributed by atoms with van der Waals surface area (Å²) >= 11 is 0. The molecule has 1 fully saturated rings. The largest absolute Gasteiger partial charge is 0.339 e. The van der Waals surface area contributed by atoms with E-state index in [-0.39, 0.29) is 23.1 Å². The van der Waals surface area contributed by atoms with Gasteiger partial charge in [0.2, 0.25) is 5.91 Å². The fraction of sp³-hybridized carbons (Fsp3) is 0.333. The molecular formula is C15H17FN2O2. The van der Waals surface area contributed by atoms with E-state index in [0.717, 1.165) is 6.42 Å². The molecule has 0 aliphatic carbocycles. The van der Waals surface area contributed by atoms with Crippen LogP contribution in [0.3, 0.4) is 0 Å². The first-order valence-electron chi connectivity index (χ1n) is 6.61. The van der Waals surface area contributed by atoms with Gasteiger partial charge >= 0.3 is 0 Å². The lowest BCUT2D eigenvalue weighted by Gasteiger charge is -2.28. The zero-order valence-electron chi connectivity index (χ0n) is 11.4. The van der Waals surface area contributed by atoms with E-state index in [1.165, 1.54) is 12.1 Å². The van der Waals surface area contributed by atoms with Gasteiger partial charge in [0.05, 0.1) is 0 Å². The third kappa shape index (κ3) is 2.87. The van der Waals surface area contributed by atoms with Crippen molar-refractivity contribution in [3.63, 3.8) is 0 Å². The van der Waals surface area contributed by atoms with Crippen LogP contribution in [0, 0.1) is 11.7 Å². The molecule has 2 amide bonds. The number of carbonyl (C=O) groups excluding carboxylic acids is 2. The van der Waals surface area contributed by atoms with Crippen LogP contribution >= 0.6 is 0 Å². The molecule has 0 unspecified atom stereocenters. The maximum Gasteiger partial charge on any atom is 0.268 e. The van der Waals surface area contributed by atoms with E-state index in [0.29, 0.717) is 0 Å². The van der Waals surface area contributed by atoms with Gasteiger partial charge in [-0.2, -0.15) is 0 Å². The van der Waals surface area contributed by atoms with Gasteiger partial charge in [-0.25, -0.2) is 4.39 Å². The van der Waals surface area contributed by atoms with Crippen molar-refractivity contribution in [2.24, 2.45) is 5.92 Å². The van der Waals surface area contributed by atoms with Crippen LogP contribution in [-0.4, -0.2) is 17.9 Å². The zero-order chi connectivity index (χ0) is 14.7. The monoisotopic (exact) mass is 276 g/mol. The predicted octanol–water partition coefficient (Wildman–Crippen LogP) is 1.83. The van der Waals surface area contributed by atoms with Gasteiger partial charge < -0.3 is 10.6 Å². The van der Waals surface area contributed by atoms with Crippen LogP contribution in [0.15, 0.2) is 30.0 Å². The van der Waals surface area contributed by atoms with Crippen molar-refractivity contribution < 1.29 is 14.0 Å². The minimum absolute atomic E-state index is 0.0500. The number of hydrogen-bond donors (Lipinski definition) is 2. The summed E-state index contributed by atoms with van der Waals surface area (Å²) in [5, 5.41) is 5.22. The number of hydrogen-bond acceptors (Lipinski definition) is 2. The van der Waals surface area contributed by atoms with Crippen molar-refractivity contribution in [1.82, 2.24) is 10.6 Å². The van der Waals surface area contributed by atoms with Gasteiger partial charge in [0.1, 0.15) is 17.6 Å². The number of piperazine rings is 1. The third-order valence-corrected chi connectivity index (χ3v) is 3.49. The SMILES string of the molecule is CC[C@H](C)[C@H]1NC(=O)/C(=C\c2ccccc2F)NC1=O. The molecule has 2 rings (SSSR count). The Balaban J connectivity index is 2.23. The molecule has 1 aromatic carbocycles. The fourth-order valence-electron chi connectivity index (χ4n) is 2.04. The van der Waals surface area contributed by atoms with Crippen molar-refractivity contribution in [2.45, 2.75) is 26.3 Å². The molecule has 2 atom stereocenters. The lowest BCUT2D eigenvalue weighted by atomic mass is 9.96. The van der Waals surface area contributed by atoms with E-state index in [1.807, 2.05) is 13.8 Å². The Morgan fingerprint density at radius 1 is 1.35 bits per heavy atom. The quantitative estimate of drug-likeness (QED) is 0.827. The van der Waals surface area contributed by atoms with Gasteiger partial charge in [0, 0.05) is 5.56 Å². The van der Waals surface area contributed by atoms with Gasteiger partial charge in [-0.05, 0) is 18.1 Å². The van der Waals surface area contributed by atoms with Gasteiger partial charge in [-0.15, -0.1) is 0 Å². The van der Waals surface area contributed by atoms with Crippen LogP contribution in [0.25, 0.3) is 6.08 Å². The van der Waals surface area contributed by atoms with Gasteiger partial charge in [-0.1, -0.05) is 38.5 Å². The van der Waals surface area contributed by atoms with E-state index in [2.05, 4.69) is 10.6 Å². The molecule has 4 nitrogen and oxygen atoms in total. The summed E-state index contributed by atoms with van der Waals surface area (Å²) in [6.45, 7) is 3.85. The highest BCUT2D eigenvalue weighted by molar-refractivity contribution is 6.07. The molecule has 1 aliphatic rings. The molecule has 0 spiro atoms. The molecule has 5 heteroatoms. The molecule has 106 valence electrons. The Morgan fingerprint density at radius 3 is 2.70 bits per heavy atom. The van der Waals surface area contributed by atoms with E-state index < -0.39 is 17.8 Å². The van der Waals surface area contributed by atoms with Crippen molar-refractivity contribution in [3.8, 4) is 0 Å². The number of benzene rings is 1. The van der Waals surface area contributed by atoms with Crippen molar-refractivity contribution in [1.29, 1.82) is 0 Å². The highest BCUT2D eigenvalue weighted by atomic mass is 19.1. The van der Waals surface area contributed by atoms with E-state index >= 15 is 0 Å². The smallest absolute Gasteiger partial charge is 0.268 e. The molecule has 0 saturated carbocycles.